The number of aromatic nitrogens is 1. The van der Waals surface area contributed by atoms with Crippen molar-refractivity contribution in [3.05, 3.63) is 82.1 Å². The number of nitriles is 1. The first-order valence-electron chi connectivity index (χ1n) is 9.51. The highest BCUT2D eigenvalue weighted by atomic mass is 32.1. The van der Waals surface area contributed by atoms with E-state index in [9.17, 15) is 14.9 Å². The van der Waals surface area contributed by atoms with Crippen LogP contribution in [0.15, 0.2) is 76.6 Å². The number of ether oxygens (including phenoxy) is 2. The van der Waals surface area contributed by atoms with Gasteiger partial charge in [0.1, 0.15) is 11.5 Å². The Bertz CT molecular complexity index is 1320. The molecular formula is C23H18N4O4S. The number of nitrogens with two attached hydrogens (primary N) is 1. The Morgan fingerprint density at radius 2 is 1.84 bits per heavy atom. The van der Waals surface area contributed by atoms with Crippen LogP contribution in [0.5, 0.6) is 0 Å². The van der Waals surface area contributed by atoms with Crippen LogP contribution in [-0.4, -0.2) is 30.5 Å². The molecule has 0 spiro atoms. The number of carbonyl (C=O) groups excluding carboxylic acids is 2. The molecule has 1 aliphatic heterocycles. The number of nitrogens with zero attached hydrogens (tertiary/aromatic N) is 3. The van der Waals surface area contributed by atoms with E-state index in [0.717, 1.165) is 10.9 Å². The molecule has 3 aromatic rings. The van der Waals surface area contributed by atoms with Gasteiger partial charge >= 0.3 is 11.9 Å². The molecule has 4 rings (SSSR count). The molecule has 2 aromatic carbocycles. The molecule has 1 aromatic heterocycles. The van der Waals surface area contributed by atoms with Gasteiger partial charge in [0.05, 0.1) is 42.9 Å². The first-order valence-corrected chi connectivity index (χ1v) is 10.3. The maximum Gasteiger partial charge on any atom is 0.355 e. The lowest BCUT2D eigenvalue weighted by Gasteiger charge is -2.35. The zero-order chi connectivity index (χ0) is 22.8. The highest BCUT2D eigenvalue weighted by Gasteiger charge is 2.43. The molecule has 1 aliphatic rings. The summed E-state index contributed by atoms with van der Waals surface area (Å²) in [4.78, 5) is 27.4. The molecule has 32 heavy (non-hydrogen) atoms. The summed E-state index contributed by atoms with van der Waals surface area (Å²) in [7, 11) is 2.43. The van der Waals surface area contributed by atoms with E-state index in [1.165, 1.54) is 30.7 Å². The van der Waals surface area contributed by atoms with Crippen LogP contribution in [0, 0.1) is 11.3 Å². The van der Waals surface area contributed by atoms with E-state index in [1.807, 2.05) is 11.4 Å². The van der Waals surface area contributed by atoms with Gasteiger partial charge in [0.25, 0.3) is 0 Å². The second-order valence-corrected chi connectivity index (χ2v) is 7.52. The average Bonchev–Trinajstić information content (AvgIpc) is 3.30. The number of allylic oxidation sites excluding steroid dienone is 1. The van der Waals surface area contributed by atoms with Gasteiger partial charge in [-0.3, -0.25) is 4.90 Å². The molecule has 0 saturated heterocycles. The predicted molar refractivity (Wildman–Crippen MR) is 119 cm³/mol. The van der Waals surface area contributed by atoms with Gasteiger partial charge in [-0.15, -0.1) is 0 Å². The van der Waals surface area contributed by atoms with Crippen LogP contribution in [0.4, 0.5) is 5.69 Å². The van der Waals surface area contributed by atoms with Crippen LogP contribution in [-0.2, 0) is 19.1 Å². The number of anilines is 1. The van der Waals surface area contributed by atoms with Gasteiger partial charge < -0.3 is 15.2 Å². The summed E-state index contributed by atoms with van der Waals surface area (Å²) in [5, 5.41) is 12.7. The van der Waals surface area contributed by atoms with E-state index in [0.29, 0.717) is 11.3 Å². The van der Waals surface area contributed by atoms with Crippen molar-refractivity contribution in [2.24, 2.45) is 5.73 Å². The summed E-state index contributed by atoms with van der Waals surface area (Å²) in [6, 6.07) is 16.3. The van der Waals surface area contributed by atoms with Crippen LogP contribution in [0.2, 0.25) is 0 Å². The van der Waals surface area contributed by atoms with E-state index in [4.69, 9.17) is 15.2 Å². The Hall–Kier alpha value is -4.16. The second kappa shape index (κ2) is 8.53. The van der Waals surface area contributed by atoms with Gasteiger partial charge in [-0.1, -0.05) is 30.3 Å². The standard InChI is InChI=1S/C23H18N4O4S/c1-30-22(28)19-18(13-6-4-3-5-7-13)16(11-24)21(25)27(20(19)23(29)31-2)15-8-9-17-14(10-15)12-32-26-17/h3-10,12,18H,25H2,1-2H3. The van der Waals surface area contributed by atoms with Gasteiger partial charge in [0.15, 0.2) is 0 Å². The molecule has 2 heterocycles. The van der Waals surface area contributed by atoms with E-state index < -0.39 is 17.9 Å². The lowest BCUT2D eigenvalue weighted by molar-refractivity contribution is -0.139. The molecule has 0 fully saturated rings. The Labute approximate surface area is 187 Å². The molecule has 160 valence electrons. The smallest absolute Gasteiger partial charge is 0.355 e. The van der Waals surface area contributed by atoms with Gasteiger partial charge in [-0.05, 0) is 35.3 Å². The first kappa shape index (κ1) is 21.1. The van der Waals surface area contributed by atoms with Crippen molar-refractivity contribution in [3.63, 3.8) is 0 Å². The summed E-state index contributed by atoms with van der Waals surface area (Å²) in [6.45, 7) is 0. The van der Waals surface area contributed by atoms with Crippen molar-refractivity contribution in [2.45, 2.75) is 5.92 Å². The molecule has 0 saturated carbocycles. The molecule has 0 aliphatic carbocycles. The molecule has 9 heteroatoms. The molecule has 0 amide bonds. The van der Waals surface area contributed by atoms with Crippen molar-refractivity contribution in [2.75, 3.05) is 19.1 Å². The summed E-state index contributed by atoms with van der Waals surface area (Å²) >= 11 is 1.29. The SMILES string of the molecule is COC(=O)C1=C(C(=O)OC)N(c2ccc3nscc3c2)C(N)=C(C#N)C1c1ccccc1. The molecule has 2 N–H and O–H groups in total. The normalized spacial score (nSPS) is 16.2. The molecule has 1 atom stereocenters. The molecule has 8 nitrogen and oxygen atoms in total. The lowest BCUT2D eigenvalue weighted by atomic mass is 9.81. The minimum Gasteiger partial charge on any atom is -0.466 e. The maximum atomic E-state index is 13.0. The van der Waals surface area contributed by atoms with Crippen molar-refractivity contribution in [3.8, 4) is 6.07 Å². The third kappa shape index (κ3) is 3.36. The maximum absolute atomic E-state index is 13.0. The number of benzene rings is 2. The van der Waals surface area contributed by atoms with E-state index in [-0.39, 0.29) is 22.7 Å². The minimum atomic E-state index is -0.898. The minimum absolute atomic E-state index is 0.0249. The Balaban J connectivity index is 2.06. The van der Waals surface area contributed by atoms with Crippen molar-refractivity contribution in [1.29, 1.82) is 5.26 Å². The molecule has 1 unspecified atom stereocenters. The highest BCUT2D eigenvalue weighted by Crippen LogP contribution is 2.43. The summed E-state index contributed by atoms with van der Waals surface area (Å²) in [6.07, 6.45) is 0. The van der Waals surface area contributed by atoms with Gasteiger partial charge in [-0.2, -0.15) is 9.64 Å². The second-order valence-electron chi connectivity index (χ2n) is 6.89. The monoisotopic (exact) mass is 446 g/mol. The van der Waals surface area contributed by atoms with Crippen LogP contribution >= 0.6 is 11.5 Å². The topological polar surface area (TPSA) is 119 Å². The first-order chi connectivity index (χ1) is 15.5. The van der Waals surface area contributed by atoms with Crippen LogP contribution < -0.4 is 10.6 Å². The summed E-state index contributed by atoms with van der Waals surface area (Å²) < 4.78 is 14.3. The number of esters is 2. The van der Waals surface area contributed by atoms with Crippen LogP contribution in [0.25, 0.3) is 10.9 Å². The Morgan fingerprint density at radius 1 is 1.12 bits per heavy atom. The molecule has 0 bridgehead atoms. The van der Waals surface area contributed by atoms with Gasteiger partial charge in [0.2, 0.25) is 0 Å². The van der Waals surface area contributed by atoms with E-state index in [1.54, 1.807) is 42.5 Å². The quantitative estimate of drug-likeness (QED) is 0.607. The number of methoxy groups -OCH3 is 2. The zero-order valence-corrected chi connectivity index (χ0v) is 18.1. The number of fused-ring (bicyclic) bond motifs is 1. The molecule has 0 radical (unpaired) electrons. The van der Waals surface area contributed by atoms with E-state index in [2.05, 4.69) is 10.4 Å². The number of rotatable bonds is 4. The van der Waals surface area contributed by atoms with Gasteiger partial charge in [0, 0.05) is 16.5 Å². The number of hydrogen-bond donors (Lipinski definition) is 1. The predicted octanol–water partition coefficient (Wildman–Crippen LogP) is 3.19. The summed E-state index contributed by atoms with van der Waals surface area (Å²) in [5.74, 6) is -2.42. The van der Waals surface area contributed by atoms with Crippen molar-refractivity contribution in [1.82, 2.24) is 4.37 Å². The molecular weight excluding hydrogens is 428 g/mol. The largest absolute Gasteiger partial charge is 0.466 e. The van der Waals surface area contributed by atoms with E-state index >= 15 is 0 Å². The van der Waals surface area contributed by atoms with Crippen molar-refractivity contribution >= 4 is 40.1 Å². The zero-order valence-electron chi connectivity index (χ0n) is 17.2. The fourth-order valence-electron chi connectivity index (χ4n) is 3.78. The third-order valence-electron chi connectivity index (χ3n) is 5.21. The Morgan fingerprint density at radius 3 is 2.50 bits per heavy atom. The Kier molecular flexibility index (Phi) is 5.62. The fraction of sp³-hybridized carbons (Fsp3) is 0.130. The van der Waals surface area contributed by atoms with Crippen LogP contribution in [0.3, 0.4) is 0 Å². The van der Waals surface area contributed by atoms with Crippen LogP contribution in [0.1, 0.15) is 11.5 Å². The average molecular weight is 446 g/mol. The van der Waals surface area contributed by atoms with Gasteiger partial charge in [-0.25, -0.2) is 9.59 Å². The van der Waals surface area contributed by atoms with Crippen molar-refractivity contribution < 1.29 is 19.1 Å². The third-order valence-corrected chi connectivity index (χ3v) is 5.87. The lowest BCUT2D eigenvalue weighted by Crippen LogP contribution is -2.40. The number of hydrogen-bond acceptors (Lipinski definition) is 9. The highest BCUT2D eigenvalue weighted by molar-refractivity contribution is 7.04. The number of carbonyl (C=O) groups is 2. The fourth-order valence-corrected chi connectivity index (χ4v) is 4.41. The summed E-state index contributed by atoms with van der Waals surface area (Å²) in [5.41, 5.74) is 8.34.